The van der Waals surface area contributed by atoms with Crippen molar-refractivity contribution in [2.75, 3.05) is 0 Å². The molecule has 4 heteroatoms. The van der Waals surface area contributed by atoms with E-state index in [0.717, 1.165) is 0 Å². The van der Waals surface area contributed by atoms with Crippen LogP contribution in [-0.4, -0.2) is 12.0 Å². The average molecular weight is 246 g/mol. The Morgan fingerprint density at radius 3 is 2.56 bits per heavy atom. The van der Waals surface area contributed by atoms with Crippen molar-refractivity contribution < 1.29 is 0 Å². The van der Waals surface area contributed by atoms with Crippen LogP contribution in [0.4, 0.5) is 0 Å². The number of aryl methyl sites for hydroxylation is 1. The Morgan fingerprint density at radius 2 is 1.94 bits per heavy atom. The molecule has 0 radical (unpaired) electrons. The van der Waals surface area contributed by atoms with Crippen molar-refractivity contribution in [3.63, 3.8) is 0 Å². The number of guanidine groups is 1. The van der Waals surface area contributed by atoms with Crippen LogP contribution in [0.2, 0.25) is 0 Å². The van der Waals surface area contributed by atoms with Crippen LogP contribution in [0.25, 0.3) is 0 Å². The monoisotopic (exact) mass is 246 g/mol. The Morgan fingerprint density at radius 1 is 1.28 bits per heavy atom. The van der Waals surface area contributed by atoms with E-state index in [1.165, 1.54) is 36.8 Å². The van der Waals surface area contributed by atoms with Crippen molar-refractivity contribution >= 4 is 5.96 Å². The Balaban J connectivity index is 1.90. The van der Waals surface area contributed by atoms with Gasteiger partial charge in [-0.05, 0) is 25.3 Å². The molecule has 0 atom stereocenters. The number of benzene rings is 1. The number of nitrogens with two attached hydrogens (primary N) is 1. The van der Waals surface area contributed by atoms with Gasteiger partial charge < -0.3 is 5.32 Å². The number of rotatable bonds is 3. The molecule has 1 saturated carbocycles. The third-order valence-corrected chi connectivity index (χ3v) is 3.37. The van der Waals surface area contributed by atoms with Crippen LogP contribution in [0.5, 0.6) is 0 Å². The molecule has 2 rings (SSSR count). The molecule has 18 heavy (non-hydrogen) atoms. The summed E-state index contributed by atoms with van der Waals surface area (Å²) < 4.78 is 0. The Hall–Kier alpha value is -1.55. The minimum atomic E-state index is 0.526. The topological polar surface area (TPSA) is 62.4 Å². The number of hydrogen-bond acceptors (Lipinski definition) is 2. The predicted molar refractivity (Wildman–Crippen MR) is 75.0 cm³/mol. The van der Waals surface area contributed by atoms with Crippen molar-refractivity contribution in [2.24, 2.45) is 10.8 Å². The Kier molecular flexibility index (Phi) is 4.59. The fourth-order valence-electron chi connectivity index (χ4n) is 2.26. The van der Waals surface area contributed by atoms with Gasteiger partial charge in [-0.25, -0.2) is 10.8 Å². The first kappa shape index (κ1) is 12.9. The number of hydrazine groups is 1. The molecule has 98 valence electrons. The zero-order valence-corrected chi connectivity index (χ0v) is 10.9. The van der Waals surface area contributed by atoms with Crippen molar-refractivity contribution in [2.45, 2.75) is 45.2 Å². The van der Waals surface area contributed by atoms with Crippen molar-refractivity contribution in [3.8, 4) is 0 Å². The first-order chi connectivity index (χ1) is 8.78. The molecule has 1 aromatic carbocycles. The SMILES string of the molecule is Cc1ccc(CN=C(NN)NC2CCCC2)cc1. The molecule has 1 aliphatic rings. The maximum atomic E-state index is 5.50. The molecule has 0 heterocycles. The van der Waals surface area contributed by atoms with E-state index in [2.05, 4.69) is 46.9 Å². The van der Waals surface area contributed by atoms with Gasteiger partial charge >= 0.3 is 0 Å². The molecule has 1 aromatic rings. The van der Waals surface area contributed by atoms with Crippen molar-refractivity contribution in [3.05, 3.63) is 35.4 Å². The average Bonchev–Trinajstić information content (AvgIpc) is 2.89. The molecule has 0 aliphatic heterocycles. The smallest absolute Gasteiger partial charge is 0.206 e. The lowest BCUT2D eigenvalue weighted by Crippen LogP contribution is -2.45. The molecule has 1 aliphatic carbocycles. The van der Waals surface area contributed by atoms with Gasteiger partial charge in [-0.2, -0.15) is 0 Å². The van der Waals surface area contributed by atoms with Gasteiger partial charge in [0, 0.05) is 6.04 Å². The van der Waals surface area contributed by atoms with E-state index in [9.17, 15) is 0 Å². The summed E-state index contributed by atoms with van der Waals surface area (Å²) in [4.78, 5) is 4.48. The first-order valence-corrected chi connectivity index (χ1v) is 6.61. The molecular weight excluding hydrogens is 224 g/mol. The van der Waals surface area contributed by atoms with Crippen LogP contribution in [0, 0.1) is 6.92 Å². The molecule has 0 unspecified atom stereocenters. The van der Waals surface area contributed by atoms with Gasteiger partial charge in [0.05, 0.1) is 6.54 Å². The van der Waals surface area contributed by atoms with E-state index < -0.39 is 0 Å². The van der Waals surface area contributed by atoms with Crippen LogP contribution in [0.3, 0.4) is 0 Å². The molecule has 0 bridgehead atoms. The van der Waals surface area contributed by atoms with E-state index in [0.29, 0.717) is 18.5 Å². The molecule has 0 spiro atoms. The standard InChI is InChI=1S/C14H22N4/c1-11-6-8-12(9-7-11)10-16-14(18-15)17-13-4-2-3-5-13/h6-9,13H,2-5,10,15H2,1H3,(H2,16,17,18). The van der Waals surface area contributed by atoms with Gasteiger partial charge in [0.1, 0.15) is 0 Å². The normalized spacial score (nSPS) is 16.9. The summed E-state index contributed by atoms with van der Waals surface area (Å²) >= 11 is 0. The molecule has 0 amide bonds. The molecule has 0 aromatic heterocycles. The fraction of sp³-hybridized carbons (Fsp3) is 0.500. The number of hydrogen-bond donors (Lipinski definition) is 3. The third-order valence-electron chi connectivity index (χ3n) is 3.37. The van der Waals surface area contributed by atoms with Gasteiger partial charge in [0.15, 0.2) is 0 Å². The lowest BCUT2D eigenvalue weighted by molar-refractivity contribution is 0.614. The van der Waals surface area contributed by atoms with E-state index in [1.54, 1.807) is 0 Å². The van der Waals surface area contributed by atoms with Crippen molar-refractivity contribution in [1.29, 1.82) is 0 Å². The van der Waals surface area contributed by atoms with Gasteiger partial charge in [-0.15, -0.1) is 0 Å². The Labute approximate surface area is 109 Å². The zero-order valence-electron chi connectivity index (χ0n) is 10.9. The number of nitrogens with one attached hydrogen (secondary N) is 2. The van der Waals surface area contributed by atoms with E-state index >= 15 is 0 Å². The third kappa shape index (κ3) is 3.74. The summed E-state index contributed by atoms with van der Waals surface area (Å²) in [5.74, 6) is 6.19. The van der Waals surface area contributed by atoms with Crippen LogP contribution in [0.15, 0.2) is 29.3 Å². The second kappa shape index (κ2) is 6.40. The zero-order chi connectivity index (χ0) is 12.8. The second-order valence-electron chi connectivity index (χ2n) is 4.92. The van der Waals surface area contributed by atoms with Crippen molar-refractivity contribution in [1.82, 2.24) is 10.7 Å². The summed E-state index contributed by atoms with van der Waals surface area (Å²) in [5.41, 5.74) is 5.11. The molecule has 4 N–H and O–H groups in total. The largest absolute Gasteiger partial charge is 0.353 e. The second-order valence-corrected chi connectivity index (χ2v) is 4.92. The lowest BCUT2D eigenvalue weighted by atomic mass is 10.1. The minimum Gasteiger partial charge on any atom is -0.353 e. The fourth-order valence-corrected chi connectivity index (χ4v) is 2.26. The molecule has 4 nitrogen and oxygen atoms in total. The number of nitrogens with zero attached hydrogens (tertiary/aromatic N) is 1. The highest BCUT2D eigenvalue weighted by molar-refractivity contribution is 5.79. The van der Waals surface area contributed by atoms with Crippen LogP contribution < -0.4 is 16.6 Å². The van der Waals surface area contributed by atoms with Crippen LogP contribution in [0.1, 0.15) is 36.8 Å². The minimum absolute atomic E-state index is 0.526. The number of aliphatic imine (C=N–C) groups is 1. The highest BCUT2D eigenvalue weighted by atomic mass is 15.3. The molecular formula is C14H22N4. The summed E-state index contributed by atoms with van der Waals surface area (Å²) in [6.45, 7) is 2.74. The van der Waals surface area contributed by atoms with E-state index in [1.807, 2.05) is 0 Å². The van der Waals surface area contributed by atoms with E-state index in [-0.39, 0.29) is 0 Å². The highest BCUT2D eigenvalue weighted by Gasteiger charge is 2.15. The summed E-state index contributed by atoms with van der Waals surface area (Å²) in [6, 6.07) is 8.93. The van der Waals surface area contributed by atoms with E-state index in [4.69, 9.17) is 5.84 Å². The van der Waals surface area contributed by atoms with Crippen LogP contribution in [-0.2, 0) is 6.54 Å². The predicted octanol–water partition coefficient (Wildman–Crippen LogP) is 1.85. The van der Waals surface area contributed by atoms with Gasteiger partial charge in [0.25, 0.3) is 0 Å². The summed E-state index contributed by atoms with van der Waals surface area (Å²) in [7, 11) is 0. The molecule has 0 saturated heterocycles. The van der Waals surface area contributed by atoms with Gasteiger partial charge in [0.2, 0.25) is 5.96 Å². The van der Waals surface area contributed by atoms with Crippen LogP contribution >= 0.6 is 0 Å². The maximum absolute atomic E-state index is 5.50. The lowest BCUT2D eigenvalue weighted by Gasteiger charge is -2.14. The maximum Gasteiger partial charge on any atom is 0.206 e. The first-order valence-electron chi connectivity index (χ1n) is 6.61. The van der Waals surface area contributed by atoms with Gasteiger partial charge in [-0.1, -0.05) is 42.7 Å². The Bertz CT molecular complexity index is 391. The molecule has 1 fully saturated rings. The van der Waals surface area contributed by atoms with Gasteiger partial charge in [-0.3, -0.25) is 5.43 Å². The quantitative estimate of drug-likeness (QED) is 0.330. The summed E-state index contributed by atoms with van der Waals surface area (Å²) in [5, 5.41) is 3.36. The summed E-state index contributed by atoms with van der Waals surface area (Å²) in [6.07, 6.45) is 5.03. The highest BCUT2D eigenvalue weighted by Crippen LogP contribution is 2.17.